The van der Waals surface area contributed by atoms with Crippen LogP contribution in [0.3, 0.4) is 0 Å². The molecule has 0 amide bonds. The van der Waals surface area contributed by atoms with Crippen molar-refractivity contribution in [2.24, 2.45) is 5.92 Å². The fourth-order valence-electron chi connectivity index (χ4n) is 2.44. The van der Waals surface area contributed by atoms with Gasteiger partial charge in [0, 0.05) is 18.3 Å². The molecule has 1 aromatic rings. The minimum absolute atomic E-state index is 0.271. The number of halogens is 1. The van der Waals surface area contributed by atoms with Crippen LogP contribution in [0.1, 0.15) is 32.3 Å². The second-order valence-corrected chi connectivity index (χ2v) is 4.61. The van der Waals surface area contributed by atoms with Crippen molar-refractivity contribution in [2.45, 2.75) is 33.1 Å². The number of hydrogen-bond donors (Lipinski definition) is 1. The van der Waals surface area contributed by atoms with Crippen LogP contribution in [-0.4, -0.2) is 13.2 Å². The van der Waals surface area contributed by atoms with E-state index in [2.05, 4.69) is 12.2 Å². The van der Waals surface area contributed by atoms with E-state index in [0.29, 0.717) is 18.3 Å². The number of fused-ring (bicyclic) bond motifs is 1. The van der Waals surface area contributed by atoms with Gasteiger partial charge in [-0.2, -0.15) is 0 Å². The van der Waals surface area contributed by atoms with Crippen molar-refractivity contribution in [3.8, 4) is 5.75 Å². The maximum absolute atomic E-state index is 13.6. The minimum Gasteiger partial charge on any atom is -0.491 e. The summed E-state index contributed by atoms with van der Waals surface area (Å²) in [4.78, 5) is 0. The first-order valence-corrected chi connectivity index (χ1v) is 6.43. The van der Waals surface area contributed by atoms with Crippen molar-refractivity contribution in [3.63, 3.8) is 0 Å². The van der Waals surface area contributed by atoms with E-state index in [1.807, 2.05) is 13.0 Å². The molecule has 0 fully saturated rings. The zero-order chi connectivity index (χ0) is 12.3. The zero-order valence-electron chi connectivity index (χ0n) is 10.6. The molecule has 0 bridgehead atoms. The molecule has 94 valence electrons. The normalized spacial score (nSPS) is 18.4. The Morgan fingerprint density at radius 3 is 2.94 bits per heavy atom. The first-order valence-electron chi connectivity index (χ1n) is 6.43. The van der Waals surface area contributed by atoms with Gasteiger partial charge in [0.05, 0.1) is 6.61 Å². The van der Waals surface area contributed by atoms with Gasteiger partial charge in [-0.05, 0) is 37.3 Å². The van der Waals surface area contributed by atoms with Crippen LogP contribution in [0.5, 0.6) is 5.75 Å². The smallest absolute Gasteiger partial charge is 0.167 e. The Kier molecular flexibility index (Phi) is 3.87. The summed E-state index contributed by atoms with van der Waals surface area (Å²) >= 11 is 0. The number of anilines is 1. The highest BCUT2D eigenvalue weighted by Gasteiger charge is 2.20. The maximum Gasteiger partial charge on any atom is 0.167 e. The Hall–Kier alpha value is -1.25. The van der Waals surface area contributed by atoms with Gasteiger partial charge in [0.25, 0.3) is 0 Å². The predicted molar refractivity (Wildman–Crippen MR) is 68.2 cm³/mol. The molecule has 1 aliphatic rings. The van der Waals surface area contributed by atoms with Crippen molar-refractivity contribution in [2.75, 3.05) is 18.5 Å². The lowest BCUT2D eigenvalue weighted by Gasteiger charge is -2.26. The molecule has 1 unspecified atom stereocenters. The SMILES string of the molecule is CCCC1CNc2cc(F)c(OCC)cc2C1. The van der Waals surface area contributed by atoms with E-state index >= 15 is 0 Å². The Balaban J connectivity index is 2.20. The molecule has 0 aromatic heterocycles. The summed E-state index contributed by atoms with van der Waals surface area (Å²) in [5, 5.41) is 3.31. The second kappa shape index (κ2) is 5.39. The molecule has 0 aliphatic carbocycles. The van der Waals surface area contributed by atoms with Gasteiger partial charge < -0.3 is 10.1 Å². The summed E-state index contributed by atoms with van der Waals surface area (Å²) in [5.41, 5.74) is 2.11. The van der Waals surface area contributed by atoms with Crippen molar-refractivity contribution >= 4 is 5.69 Å². The third-order valence-electron chi connectivity index (χ3n) is 3.24. The molecule has 1 aromatic carbocycles. The summed E-state index contributed by atoms with van der Waals surface area (Å²) in [6.07, 6.45) is 3.44. The highest BCUT2D eigenvalue weighted by atomic mass is 19.1. The fourth-order valence-corrected chi connectivity index (χ4v) is 2.44. The van der Waals surface area contributed by atoms with Gasteiger partial charge in [0.2, 0.25) is 0 Å². The standard InChI is InChI=1S/C14H20FNO/c1-3-5-10-6-11-7-14(17-4-2)12(15)8-13(11)16-9-10/h7-8,10,16H,3-6,9H2,1-2H3. The van der Waals surface area contributed by atoms with Gasteiger partial charge in [-0.3, -0.25) is 0 Å². The Morgan fingerprint density at radius 1 is 1.41 bits per heavy atom. The summed E-state index contributed by atoms with van der Waals surface area (Å²) in [7, 11) is 0. The summed E-state index contributed by atoms with van der Waals surface area (Å²) in [6, 6.07) is 3.41. The van der Waals surface area contributed by atoms with Crippen molar-refractivity contribution < 1.29 is 9.13 Å². The lowest BCUT2D eigenvalue weighted by Crippen LogP contribution is -2.23. The van der Waals surface area contributed by atoms with E-state index in [-0.39, 0.29) is 5.82 Å². The molecule has 2 rings (SSSR count). The highest BCUT2D eigenvalue weighted by Crippen LogP contribution is 2.32. The largest absolute Gasteiger partial charge is 0.491 e. The van der Waals surface area contributed by atoms with Gasteiger partial charge in [0.1, 0.15) is 0 Å². The number of ether oxygens (including phenoxy) is 1. The lowest BCUT2D eigenvalue weighted by molar-refractivity contribution is 0.320. The highest BCUT2D eigenvalue weighted by molar-refractivity contribution is 5.56. The van der Waals surface area contributed by atoms with E-state index in [0.717, 1.165) is 18.7 Å². The third kappa shape index (κ3) is 2.71. The van der Waals surface area contributed by atoms with Gasteiger partial charge >= 0.3 is 0 Å². The molecule has 0 radical (unpaired) electrons. The average Bonchev–Trinajstić information content (AvgIpc) is 2.31. The number of benzene rings is 1. The van der Waals surface area contributed by atoms with Gasteiger partial charge in [-0.25, -0.2) is 4.39 Å². The van der Waals surface area contributed by atoms with Crippen molar-refractivity contribution in [1.82, 2.24) is 0 Å². The summed E-state index contributed by atoms with van der Waals surface area (Å²) in [6.45, 7) is 5.53. The number of nitrogens with one attached hydrogen (secondary N) is 1. The van der Waals surface area contributed by atoms with Crippen LogP contribution < -0.4 is 10.1 Å². The molecule has 1 heterocycles. The van der Waals surface area contributed by atoms with Gasteiger partial charge in [-0.1, -0.05) is 13.3 Å². The van der Waals surface area contributed by atoms with E-state index in [9.17, 15) is 4.39 Å². The minimum atomic E-state index is -0.271. The molecule has 1 atom stereocenters. The molecule has 1 N–H and O–H groups in total. The summed E-state index contributed by atoms with van der Waals surface area (Å²) in [5.74, 6) is 0.768. The van der Waals surface area contributed by atoms with Crippen LogP contribution >= 0.6 is 0 Å². The predicted octanol–water partition coefficient (Wildman–Crippen LogP) is 3.61. The van der Waals surface area contributed by atoms with Crippen LogP contribution in [-0.2, 0) is 6.42 Å². The first kappa shape index (κ1) is 12.2. The quantitative estimate of drug-likeness (QED) is 0.863. The van der Waals surface area contributed by atoms with Crippen LogP contribution in [0.4, 0.5) is 10.1 Å². The molecular formula is C14H20FNO. The van der Waals surface area contributed by atoms with Crippen LogP contribution in [0, 0.1) is 11.7 Å². The molecule has 2 nitrogen and oxygen atoms in total. The van der Waals surface area contributed by atoms with Crippen LogP contribution in [0.2, 0.25) is 0 Å². The Morgan fingerprint density at radius 2 is 2.24 bits per heavy atom. The van der Waals surface area contributed by atoms with Gasteiger partial charge in [0.15, 0.2) is 11.6 Å². The Labute approximate surface area is 102 Å². The molecule has 0 spiro atoms. The molecule has 0 saturated heterocycles. The molecular weight excluding hydrogens is 217 g/mol. The van der Waals surface area contributed by atoms with E-state index in [4.69, 9.17) is 4.74 Å². The second-order valence-electron chi connectivity index (χ2n) is 4.61. The first-order chi connectivity index (χ1) is 8.24. The monoisotopic (exact) mass is 237 g/mol. The molecule has 17 heavy (non-hydrogen) atoms. The summed E-state index contributed by atoms with van der Waals surface area (Å²) < 4.78 is 18.9. The van der Waals surface area contributed by atoms with E-state index in [1.165, 1.54) is 18.4 Å². The maximum atomic E-state index is 13.6. The topological polar surface area (TPSA) is 21.3 Å². The lowest BCUT2D eigenvalue weighted by atomic mass is 9.90. The zero-order valence-corrected chi connectivity index (χ0v) is 10.6. The van der Waals surface area contributed by atoms with Crippen molar-refractivity contribution in [1.29, 1.82) is 0 Å². The Bertz CT molecular complexity index is 392. The van der Waals surface area contributed by atoms with Crippen LogP contribution in [0.25, 0.3) is 0 Å². The molecule has 3 heteroatoms. The molecule has 1 aliphatic heterocycles. The van der Waals surface area contributed by atoms with Crippen LogP contribution in [0.15, 0.2) is 12.1 Å². The van der Waals surface area contributed by atoms with E-state index in [1.54, 1.807) is 6.07 Å². The fraction of sp³-hybridized carbons (Fsp3) is 0.571. The average molecular weight is 237 g/mol. The van der Waals surface area contributed by atoms with E-state index < -0.39 is 0 Å². The number of hydrogen-bond acceptors (Lipinski definition) is 2. The number of rotatable bonds is 4. The molecule has 0 saturated carbocycles. The van der Waals surface area contributed by atoms with Crippen molar-refractivity contribution in [3.05, 3.63) is 23.5 Å². The third-order valence-corrected chi connectivity index (χ3v) is 3.24. The van der Waals surface area contributed by atoms with Gasteiger partial charge in [-0.15, -0.1) is 0 Å².